The predicted octanol–water partition coefficient (Wildman–Crippen LogP) is 3.57. The number of benzene rings is 2. The molecule has 2 aliphatic heterocycles. The van der Waals surface area contributed by atoms with E-state index in [9.17, 15) is 19.8 Å². The third-order valence-corrected chi connectivity index (χ3v) is 6.44. The number of aliphatic hydroxyl groups is 1. The van der Waals surface area contributed by atoms with Gasteiger partial charge in [-0.15, -0.1) is 0 Å². The van der Waals surface area contributed by atoms with Crippen LogP contribution >= 0.6 is 0 Å². The van der Waals surface area contributed by atoms with E-state index in [4.69, 9.17) is 9.47 Å². The zero-order chi connectivity index (χ0) is 25.7. The number of hydrogen-bond acceptors (Lipinski definition) is 7. The van der Waals surface area contributed by atoms with Crippen LogP contribution in [0.1, 0.15) is 37.4 Å². The lowest BCUT2D eigenvalue weighted by molar-refractivity contribution is -0.140. The smallest absolute Gasteiger partial charge is 0.295 e. The normalized spacial score (nSPS) is 20.3. The minimum atomic E-state index is -0.743. The topological polar surface area (TPSA) is 99.5 Å². The molecule has 2 aromatic carbocycles. The fraction of sp³-hybridized carbons (Fsp3) is 0.429. The molecule has 2 aromatic rings. The standard InChI is InChI=1S/C28H34N2O6/c1-19(2)18-36-23-10-6-21(7-11-23)26(32)24-25(20-4-8-22(31)9-5-20)30(28(34)27(24)33)13-3-12-29-14-16-35-17-15-29/h4-11,19,25,31-32H,3,12-18H2,1-2H3/b26-24+/t25-/m1/s1. The summed E-state index contributed by atoms with van der Waals surface area (Å²) in [6, 6.07) is 12.5. The molecule has 0 unspecified atom stereocenters. The molecule has 8 heteroatoms. The number of morpholine rings is 1. The lowest BCUT2D eigenvalue weighted by Gasteiger charge is -2.29. The second-order valence-corrected chi connectivity index (χ2v) is 9.62. The molecule has 36 heavy (non-hydrogen) atoms. The Labute approximate surface area is 211 Å². The number of likely N-dealkylation sites (tertiary alicyclic amines) is 1. The molecule has 2 fully saturated rings. The molecule has 2 saturated heterocycles. The minimum Gasteiger partial charge on any atom is -0.508 e. The Morgan fingerprint density at radius 1 is 1.03 bits per heavy atom. The Morgan fingerprint density at radius 3 is 2.33 bits per heavy atom. The zero-order valence-electron chi connectivity index (χ0n) is 20.9. The fourth-order valence-electron chi connectivity index (χ4n) is 4.53. The summed E-state index contributed by atoms with van der Waals surface area (Å²) in [5.41, 5.74) is 1.13. The summed E-state index contributed by atoms with van der Waals surface area (Å²) >= 11 is 0. The SMILES string of the molecule is CC(C)COc1ccc(/C(O)=C2\C(=O)C(=O)N(CCCN3CCOCC3)[C@@H]2c2ccc(O)cc2)cc1. The molecule has 2 heterocycles. The molecule has 192 valence electrons. The van der Waals surface area contributed by atoms with Crippen molar-refractivity contribution in [2.24, 2.45) is 5.92 Å². The number of ketones is 1. The lowest BCUT2D eigenvalue weighted by atomic mass is 9.95. The molecular formula is C28H34N2O6. The average molecular weight is 495 g/mol. The number of carbonyl (C=O) groups excluding carboxylic acids is 2. The summed E-state index contributed by atoms with van der Waals surface area (Å²) in [6.07, 6.45) is 0.684. The van der Waals surface area contributed by atoms with Crippen molar-refractivity contribution in [2.75, 3.05) is 46.0 Å². The number of ether oxygens (including phenoxy) is 2. The van der Waals surface area contributed by atoms with Crippen molar-refractivity contribution in [3.05, 3.63) is 65.2 Å². The fourth-order valence-corrected chi connectivity index (χ4v) is 4.53. The van der Waals surface area contributed by atoms with Gasteiger partial charge in [0.15, 0.2) is 0 Å². The third kappa shape index (κ3) is 5.88. The number of phenols is 1. The van der Waals surface area contributed by atoms with Crippen molar-refractivity contribution in [3.63, 3.8) is 0 Å². The number of rotatable bonds is 9. The number of nitrogens with zero attached hydrogens (tertiary/aromatic N) is 2. The Hall–Kier alpha value is -3.36. The molecule has 0 aromatic heterocycles. The van der Waals surface area contributed by atoms with Gasteiger partial charge in [-0.1, -0.05) is 26.0 Å². The van der Waals surface area contributed by atoms with E-state index in [1.165, 1.54) is 17.0 Å². The van der Waals surface area contributed by atoms with Crippen LogP contribution in [0.3, 0.4) is 0 Å². The highest BCUT2D eigenvalue weighted by Crippen LogP contribution is 2.40. The van der Waals surface area contributed by atoms with Crippen LogP contribution in [0.4, 0.5) is 0 Å². The van der Waals surface area contributed by atoms with E-state index in [0.717, 1.165) is 19.6 Å². The highest BCUT2D eigenvalue weighted by atomic mass is 16.5. The second kappa shape index (κ2) is 11.6. The van der Waals surface area contributed by atoms with Crippen molar-refractivity contribution in [2.45, 2.75) is 26.3 Å². The van der Waals surface area contributed by atoms with Gasteiger partial charge >= 0.3 is 0 Å². The van der Waals surface area contributed by atoms with Crippen LogP contribution in [0.2, 0.25) is 0 Å². The van der Waals surface area contributed by atoms with E-state index in [1.54, 1.807) is 36.4 Å². The number of aliphatic hydroxyl groups excluding tert-OH is 1. The summed E-state index contributed by atoms with van der Waals surface area (Å²) in [5, 5.41) is 21.0. The van der Waals surface area contributed by atoms with Crippen LogP contribution in [0.25, 0.3) is 5.76 Å². The highest BCUT2D eigenvalue weighted by molar-refractivity contribution is 6.46. The van der Waals surface area contributed by atoms with Gasteiger partial charge in [-0.25, -0.2) is 0 Å². The van der Waals surface area contributed by atoms with E-state index >= 15 is 0 Å². The van der Waals surface area contributed by atoms with E-state index < -0.39 is 17.7 Å². The zero-order valence-corrected chi connectivity index (χ0v) is 20.9. The molecule has 0 bridgehead atoms. The van der Waals surface area contributed by atoms with E-state index in [1.807, 2.05) is 0 Å². The van der Waals surface area contributed by atoms with Gasteiger partial charge < -0.3 is 24.6 Å². The quantitative estimate of drug-likeness (QED) is 0.312. The highest BCUT2D eigenvalue weighted by Gasteiger charge is 2.45. The summed E-state index contributed by atoms with van der Waals surface area (Å²) in [6.45, 7) is 8.92. The summed E-state index contributed by atoms with van der Waals surface area (Å²) in [5.74, 6) is -0.440. The molecule has 2 aliphatic rings. The third-order valence-electron chi connectivity index (χ3n) is 6.44. The molecule has 4 rings (SSSR count). The molecular weight excluding hydrogens is 460 g/mol. The maximum absolute atomic E-state index is 13.2. The van der Waals surface area contributed by atoms with Crippen molar-refractivity contribution >= 4 is 17.4 Å². The van der Waals surface area contributed by atoms with Crippen LogP contribution in [-0.2, 0) is 14.3 Å². The number of hydrogen-bond donors (Lipinski definition) is 2. The predicted molar refractivity (Wildman–Crippen MR) is 136 cm³/mol. The Bertz CT molecular complexity index is 1090. The van der Waals surface area contributed by atoms with Crippen molar-refractivity contribution < 1.29 is 29.3 Å². The van der Waals surface area contributed by atoms with E-state index in [-0.39, 0.29) is 17.1 Å². The first-order chi connectivity index (χ1) is 17.3. The van der Waals surface area contributed by atoms with Gasteiger partial charge in [-0.3, -0.25) is 14.5 Å². The van der Waals surface area contributed by atoms with Gasteiger partial charge in [-0.05, 0) is 54.3 Å². The van der Waals surface area contributed by atoms with Crippen LogP contribution < -0.4 is 4.74 Å². The van der Waals surface area contributed by atoms with Crippen molar-refractivity contribution in [3.8, 4) is 11.5 Å². The Morgan fingerprint density at radius 2 is 1.69 bits per heavy atom. The lowest BCUT2D eigenvalue weighted by Crippen LogP contribution is -2.38. The first-order valence-corrected chi connectivity index (χ1v) is 12.5. The number of Topliss-reactive ketones (excluding diaryl/α,β-unsaturated/α-hetero) is 1. The van der Waals surface area contributed by atoms with Crippen LogP contribution in [0, 0.1) is 5.92 Å². The Balaban J connectivity index is 1.61. The summed E-state index contributed by atoms with van der Waals surface area (Å²) < 4.78 is 11.1. The average Bonchev–Trinajstić information content (AvgIpc) is 3.13. The molecule has 8 nitrogen and oxygen atoms in total. The van der Waals surface area contributed by atoms with Crippen molar-refractivity contribution in [1.29, 1.82) is 0 Å². The molecule has 1 atom stereocenters. The van der Waals surface area contributed by atoms with Crippen LogP contribution in [0.15, 0.2) is 54.1 Å². The number of amides is 1. The summed E-state index contributed by atoms with van der Waals surface area (Å²) in [7, 11) is 0. The number of phenolic OH excluding ortho intramolecular Hbond substituents is 1. The first kappa shape index (κ1) is 25.7. The van der Waals surface area contributed by atoms with Gasteiger partial charge in [0.1, 0.15) is 17.3 Å². The number of aromatic hydroxyl groups is 1. The van der Waals surface area contributed by atoms with Crippen LogP contribution in [0.5, 0.6) is 11.5 Å². The molecule has 0 spiro atoms. The van der Waals surface area contributed by atoms with Gasteiger partial charge in [0.05, 0.1) is 31.4 Å². The first-order valence-electron chi connectivity index (χ1n) is 12.5. The van der Waals surface area contributed by atoms with Gasteiger partial charge in [-0.2, -0.15) is 0 Å². The molecule has 1 amide bonds. The molecule has 0 saturated carbocycles. The van der Waals surface area contributed by atoms with Gasteiger partial charge in [0.25, 0.3) is 11.7 Å². The second-order valence-electron chi connectivity index (χ2n) is 9.62. The minimum absolute atomic E-state index is 0.0490. The monoisotopic (exact) mass is 494 g/mol. The maximum Gasteiger partial charge on any atom is 0.295 e. The maximum atomic E-state index is 13.2. The van der Waals surface area contributed by atoms with Gasteiger partial charge in [0.2, 0.25) is 0 Å². The van der Waals surface area contributed by atoms with E-state index in [0.29, 0.717) is 55.6 Å². The molecule has 0 aliphatic carbocycles. The van der Waals surface area contributed by atoms with Crippen molar-refractivity contribution in [1.82, 2.24) is 9.80 Å². The van der Waals surface area contributed by atoms with E-state index in [2.05, 4.69) is 18.7 Å². The summed E-state index contributed by atoms with van der Waals surface area (Å²) in [4.78, 5) is 30.1. The molecule has 2 N–H and O–H groups in total. The number of carbonyl (C=O) groups is 2. The van der Waals surface area contributed by atoms with Crippen LogP contribution in [-0.4, -0.2) is 77.7 Å². The molecule has 0 radical (unpaired) electrons. The van der Waals surface area contributed by atoms with Gasteiger partial charge in [0, 0.05) is 31.7 Å². The largest absolute Gasteiger partial charge is 0.508 e. The Kier molecular flexibility index (Phi) is 8.28.